The van der Waals surface area contributed by atoms with Gasteiger partial charge in [-0.25, -0.2) is 4.39 Å². The summed E-state index contributed by atoms with van der Waals surface area (Å²) in [5, 5.41) is 0. The molecule has 148 valence electrons. The average molecular weight is 411 g/mol. The zero-order valence-corrected chi connectivity index (χ0v) is 16.3. The molecule has 0 N–H and O–H groups in total. The molecule has 0 fully saturated rings. The van der Waals surface area contributed by atoms with Crippen molar-refractivity contribution in [1.82, 2.24) is 0 Å². The van der Waals surface area contributed by atoms with Gasteiger partial charge >= 0.3 is 0 Å². The van der Waals surface area contributed by atoms with Gasteiger partial charge in [0.25, 0.3) is 5.91 Å². The van der Waals surface area contributed by atoms with Gasteiger partial charge in [-0.15, -0.1) is 11.3 Å². The zero-order chi connectivity index (χ0) is 19.8. The molecular weight excluding hydrogens is 393 g/mol. The second-order valence-electron chi connectivity index (χ2n) is 6.92. The lowest BCUT2D eigenvalue weighted by Crippen LogP contribution is -2.29. The number of rotatable bonds is 4. The van der Waals surface area contributed by atoms with E-state index in [9.17, 15) is 9.18 Å². The fraction of sp³-hybridized carbons (Fsp3) is 0.227. The predicted molar refractivity (Wildman–Crippen MR) is 107 cm³/mol. The fourth-order valence-electron chi connectivity index (χ4n) is 3.51. The molecule has 0 unspecified atom stereocenters. The third-order valence-electron chi connectivity index (χ3n) is 5.00. The quantitative estimate of drug-likeness (QED) is 0.633. The first-order valence-corrected chi connectivity index (χ1v) is 10.1. The third kappa shape index (κ3) is 3.59. The molecule has 5 rings (SSSR count). The van der Waals surface area contributed by atoms with Crippen LogP contribution >= 0.6 is 11.3 Å². The minimum atomic E-state index is -0.340. The van der Waals surface area contributed by atoms with Gasteiger partial charge in [-0.05, 0) is 53.6 Å². The molecule has 2 aromatic carbocycles. The number of fused-ring (bicyclic) bond motifs is 2. The van der Waals surface area contributed by atoms with Gasteiger partial charge in [0.05, 0.1) is 24.6 Å². The number of anilines is 1. The first-order valence-electron chi connectivity index (χ1n) is 9.33. The summed E-state index contributed by atoms with van der Waals surface area (Å²) in [4.78, 5) is 16.9. The molecule has 2 aliphatic heterocycles. The fourth-order valence-corrected chi connectivity index (χ4v) is 4.61. The van der Waals surface area contributed by atoms with Crippen LogP contribution in [0.15, 0.2) is 48.5 Å². The van der Waals surface area contributed by atoms with Gasteiger partial charge in [0.1, 0.15) is 5.82 Å². The van der Waals surface area contributed by atoms with Gasteiger partial charge in [-0.2, -0.15) is 0 Å². The lowest BCUT2D eigenvalue weighted by atomic mass is 10.1. The number of hydrogen-bond acceptors (Lipinski definition) is 5. The second kappa shape index (κ2) is 7.50. The Bertz CT molecular complexity index is 1040. The minimum absolute atomic E-state index is 0.117. The Morgan fingerprint density at radius 2 is 1.90 bits per heavy atom. The molecular formula is C22H18FNO4S. The van der Waals surface area contributed by atoms with E-state index in [-0.39, 0.29) is 18.5 Å². The molecule has 7 heteroatoms. The van der Waals surface area contributed by atoms with Gasteiger partial charge in [-0.1, -0.05) is 6.07 Å². The van der Waals surface area contributed by atoms with Crippen LogP contribution in [0.4, 0.5) is 10.1 Å². The Hall–Kier alpha value is -2.90. The van der Waals surface area contributed by atoms with Crippen LogP contribution in [0.5, 0.6) is 11.5 Å². The first kappa shape index (κ1) is 18.1. The summed E-state index contributed by atoms with van der Waals surface area (Å²) in [6, 6.07) is 13.5. The monoisotopic (exact) mass is 411 g/mol. The van der Waals surface area contributed by atoms with E-state index in [1.807, 2.05) is 24.3 Å². The summed E-state index contributed by atoms with van der Waals surface area (Å²) < 4.78 is 29.8. The van der Waals surface area contributed by atoms with Crippen LogP contribution in [-0.4, -0.2) is 19.3 Å². The summed E-state index contributed by atoms with van der Waals surface area (Å²) in [5.74, 6) is 0.902. The maximum absolute atomic E-state index is 13.5. The average Bonchev–Trinajstić information content (AvgIpc) is 3.38. The molecule has 0 spiro atoms. The highest BCUT2D eigenvalue weighted by Crippen LogP contribution is 2.34. The van der Waals surface area contributed by atoms with Crippen LogP contribution in [0.3, 0.4) is 0 Å². The van der Waals surface area contributed by atoms with Gasteiger partial charge in [0.15, 0.2) is 11.5 Å². The van der Waals surface area contributed by atoms with E-state index in [2.05, 4.69) is 0 Å². The van der Waals surface area contributed by atoms with Crippen LogP contribution in [0, 0.1) is 5.82 Å². The summed E-state index contributed by atoms with van der Waals surface area (Å²) >= 11 is 1.51. The van der Waals surface area contributed by atoms with Gasteiger partial charge in [-0.3, -0.25) is 4.79 Å². The van der Waals surface area contributed by atoms with Crippen LogP contribution in [-0.2, 0) is 24.3 Å². The van der Waals surface area contributed by atoms with E-state index in [0.29, 0.717) is 41.8 Å². The molecule has 3 heterocycles. The van der Waals surface area contributed by atoms with Gasteiger partial charge in [0.2, 0.25) is 6.79 Å². The Kier molecular flexibility index (Phi) is 4.69. The molecule has 0 radical (unpaired) electrons. The molecule has 1 aromatic heterocycles. The standard InChI is InChI=1S/C22H18FNO4S/c23-16-2-4-17(5-3-16)24(11-14-1-6-18-19(9-14)28-13-27-18)22(25)21-10-15-12-26-8-7-20(15)29-21/h1-6,9-10H,7-8,11-13H2. The highest BCUT2D eigenvalue weighted by molar-refractivity contribution is 7.14. The van der Waals surface area contributed by atoms with Crippen molar-refractivity contribution in [2.24, 2.45) is 0 Å². The Balaban J connectivity index is 1.49. The Morgan fingerprint density at radius 1 is 1.07 bits per heavy atom. The lowest BCUT2D eigenvalue weighted by molar-refractivity contribution is 0.0988. The van der Waals surface area contributed by atoms with E-state index < -0.39 is 0 Å². The molecule has 0 aliphatic carbocycles. The molecule has 0 bridgehead atoms. The third-order valence-corrected chi connectivity index (χ3v) is 6.22. The smallest absolute Gasteiger partial charge is 0.268 e. The summed E-state index contributed by atoms with van der Waals surface area (Å²) in [6.45, 7) is 1.75. The van der Waals surface area contributed by atoms with Crippen LogP contribution < -0.4 is 14.4 Å². The number of nitrogens with zero attached hydrogens (tertiary/aromatic N) is 1. The number of ether oxygens (including phenoxy) is 3. The lowest BCUT2D eigenvalue weighted by Gasteiger charge is -2.22. The molecule has 5 nitrogen and oxygen atoms in total. The zero-order valence-electron chi connectivity index (χ0n) is 15.5. The van der Waals surface area contributed by atoms with Crippen LogP contribution in [0.1, 0.15) is 25.7 Å². The minimum Gasteiger partial charge on any atom is -0.454 e. The van der Waals surface area contributed by atoms with Crippen LogP contribution in [0.25, 0.3) is 0 Å². The predicted octanol–water partition coefficient (Wildman–Crippen LogP) is 4.54. The Morgan fingerprint density at radius 3 is 2.72 bits per heavy atom. The summed E-state index contributed by atoms with van der Waals surface area (Å²) in [6.07, 6.45) is 0.825. The molecule has 3 aromatic rings. The summed E-state index contributed by atoms with van der Waals surface area (Å²) in [5.41, 5.74) is 2.61. The number of thiophene rings is 1. The van der Waals surface area contributed by atoms with Crippen molar-refractivity contribution in [2.45, 2.75) is 19.6 Å². The normalized spacial score (nSPS) is 14.5. The van der Waals surface area contributed by atoms with E-state index in [4.69, 9.17) is 14.2 Å². The highest BCUT2D eigenvalue weighted by Gasteiger charge is 2.24. The largest absolute Gasteiger partial charge is 0.454 e. The summed E-state index contributed by atoms with van der Waals surface area (Å²) in [7, 11) is 0. The van der Waals surface area contributed by atoms with E-state index in [0.717, 1.165) is 17.5 Å². The van der Waals surface area contributed by atoms with Crippen molar-refractivity contribution in [3.05, 3.63) is 75.2 Å². The molecule has 29 heavy (non-hydrogen) atoms. The molecule has 0 saturated carbocycles. The number of amides is 1. The molecule has 0 saturated heterocycles. The van der Waals surface area contributed by atoms with Crippen molar-refractivity contribution in [2.75, 3.05) is 18.3 Å². The molecule has 2 aliphatic rings. The van der Waals surface area contributed by atoms with Crippen LogP contribution in [0.2, 0.25) is 0 Å². The van der Waals surface area contributed by atoms with Crippen molar-refractivity contribution < 1.29 is 23.4 Å². The molecule has 0 atom stereocenters. The van der Waals surface area contributed by atoms with Crippen molar-refractivity contribution >= 4 is 22.9 Å². The second-order valence-corrected chi connectivity index (χ2v) is 8.05. The first-order chi connectivity index (χ1) is 14.2. The Labute approximate surface area is 171 Å². The van der Waals surface area contributed by atoms with E-state index in [1.165, 1.54) is 28.3 Å². The number of halogens is 1. The molecule has 1 amide bonds. The SMILES string of the molecule is O=C(c1cc2c(s1)CCOC2)N(Cc1ccc2c(c1)OCO2)c1ccc(F)cc1. The maximum atomic E-state index is 13.5. The van der Waals surface area contributed by atoms with E-state index in [1.54, 1.807) is 17.0 Å². The van der Waals surface area contributed by atoms with Crippen molar-refractivity contribution in [1.29, 1.82) is 0 Å². The van der Waals surface area contributed by atoms with Crippen molar-refractivity contribution in [3.63, 3.8) is 0 Å². The van der Waals surface area contributed by atoms with Gasteiger partial charge < -0.3 is 19.1 Å². The highest BCUT2D eigenvalue weighted by atomic mass is 32.1. The van der Waals surface area contributed by atoms with Gasteiger partial charge in [0, 0.05) is 17.0 Å². The maximum Gasteiger partial charge on any atom is 0.268 e. The number of hydrogen-bond donors (Lipinski definition) is 0. The van der Waals surface area contributed by atoms with Crippen molar-refractivity contribution in [3.8, 4) is 11.5 Å². The van der Waals surface area contributed by atoms with E-state index >= 15 is 0 Å². The number of carbonyl (C=O) groups is 1. The topological polar surface area (TPSA) is 48.0 Å². The number of carbonyl (C=O) groups excluding carboxylic acids is 1. The number of benzene rings is 2.